The van der Waals surface area contributed by atoms with Crippen molar-refractivity contribution in [3.63, 3.8) is 0 Å². The van der Waals surface area contributed by atoms with Crippen LogP contribution in [0.15, 0.2) is 41.3 Å². The van der Waals surface area contributed by atoms with Crippen LogP contribution in [0, 0.1) is 0 Å². The summed E-state index contributed by atoms with van der Waals surface area (Å²) in [6.07, 6.45) is 6.35. The van der Waals surface area contributed by atoms with E-state index in [1.807, 2.05) is 12.5 Å². The molecule has 3 nitrogen and oxygen atoms in total. The normalized spacial score (nSPS) is 18.1. The van der Waals surface area contributed by atoms with Gasteiger partial charge in [0.05, 0.1) is 6.33 Å². The average molecular weight is 334 g/mol. The van der Waals surface area contributed by atoms with Gasteiger partial charge in [-0.2, -0.15) is 0 Å². The molecule has 0 radical (unpaired) electrons. The van der Waals surface area contributed by atoms with Gasteiger partial charge in [0.15, 0.2) is 0 Å². The van der Waals surface area contributed by atoms with Crippen LogP contribution in [0.4, 0.5) is 0 Å². The van der Waals surface area contributed by atoms with Gasteiger partial charge in [-0.25, -0.2) is 4.98 Å². The summed E-state index contributed by atoms with van der Waals surface area (Å²) in [5, 5.41) is 3.44. The fraction of sp³-hybridized carbons (Fsp3) is 0.438. The van der Waals surface area contributed by atoms with E-state index in [9.17, 15) is 0 Å². The fourth-order valence-electron chi connectivity index (χ4n) is 2.99. The monoisotopic (exact) mass is 333 g/mol. The van der Waals surface area contributed by atoms with Gasteiger partial charge in [-0.1, -0.05) is 41.1 Å². The summed E-state index contributed by atoms with van der Waals surface area (Å²) in [7, 11) is 0. The van der Waals surface area contributed by atoms with Crippen molar-refractivity contribution in [1.82, 2.24) is 14.9 Å². The van der Waals surface area contributed by atoms with Gasteiger partial charge < -0.3 is 9.88 Å². The molecule has 2 heterocycles. The molecule has 20 heavy (non-hydrogen) atoms. The van der Waals surface area contributed by atoms with Gasteiger partial charge in [-0.15, -0.1) is 0 Å². The molecule has 1 N–H and O–H groups in total. The maximum Gasteiger partial charge on any atom is 0.0951 e. The van der Waals surface area contributed by atoms with Crippen molar-refractivity contribution in [2.75, 3.05) is 13.1 Å². The van der Waals surface area contributed by atoms with Crippen LogP contribution in [0.25, 0.3) is 0 Å². The van der Waals surface area contributed by atoms with Gasteiger partial charge in [0.2, 0.25) is 0 Å². The second-order valence-corrected chi connectivity index (χ2v) is 6.66. The van der Waals surface area contributed by atoms with Gasteiger partial charge in [0.1, 0.15) is 0 Å². The number of hydrogen-bond acceptors (Lipinski definition) is 2. The molecule has 1 aliphatic heterocycles. The quantitative estimate of drug-likeness (QED) is 0.933. The Labute approximate surface area is 128 Å². The molecule has 0 amide bonds. The molecule has 1 saturated heterocycles. The molecule has 1 fully saturated rings. The molecule has 1 aromatic heterocycles. The Kier molecular flexibility index (Phi) is 3.94. The van der Waals surface area contributed by atoms with Gasteiger partial charge in [-0.05, 0) is 37.6 Å². The summed E-state index contributed by atoms with van der Waals surface area (Å²) in [6.45, 7) is 5.43. The number of benzene rings is 1. The average Bonchev–Trinajstić information content (AvgIpc) is 2.91. The van der Waals surface area contributed by atoms with E-state index in [0.717, 1.165) is 24.1 Å². The van der Waals surface area contributed by atoms with Crippen LogP contribution >= 0.6 is 15.9 Å². The third-order valence-corrected chi connectivity index (χ3v) is 5.11. The molecule has 2 aromatic rings. The van der Waals surface area contributed by atoms with Crippen molar-refractivity contribution >= 4 is 15.9 Å². The standard InChI is InChI=1S/C16H20BrN3/c1-16(6-8-18-9-7-16)15-10-19-12-20(15)11-13-4-2-3-5-14(13)17/h2-5,10,12,18H,6-9,11H2,1H3. The molecule has 0 spiro atoms. The number of halogens is 1. The first-order valence-electron chi connectivity index (χ1n) is 7.14. The van der Waals surface area contributed by atoms with Crippen LogP contribution in [0.5, 0.6) is 0 Å². The topological polar surface area (TPSA) is 29.9 Å². The summed E-state index contributed by atoms with van der Waals surface area (Å²) in [4.78, 5) is 4.40. The van der Waals surface area contributed by atoms with Crippen molar-refractivity contribution in [3.05, 3.63) is 52.5 Å². The predicted octanol–water partition coefficient (Wildman–Crippen LogP) is 3.34. The molecule has 3 rings (SSSR count). The number of nitrogens with zero attached hydrogens (tertiary/aromatic N) is 2. The molecule has 1 aliphatic rings. The first-order chi connectivity index (χ1) is 9.69. The van der Waals surface area contributed by atoms with Crippen molar-refractivity contribution in [2.45, 2.75) is 31.7 Å². The number of piperidine rings is 1. The highest BCUT2D eigenvalue weighted by molar-refractivity contribution is 9.10. The van der Waals surface area contributed by atoms with E-state index < -0.39 is 0 Å². The second kappa shape index (κ2) is 5.70. The van der Waals surface area contributed by atoms with Gasteiger partial charge in [0, 0.05) is 28.3 Å². The van der Waals surface area contributed by atoms with Gasteiger partial charge in [-0.3, -0.25) is 0 Å². The lowest BCUT2D eigenvalue weighted by Gasteiger charge is -2.34. The van der Waals surface area contributed by atoms with E-state index >= 15 is 0 Å². The first kappa shape index (κ1) is 13.8. The van der Waals surface area contributed by atoms with Crippen molar-refractivity contribution in [1.29, 1.82) is 0 Å². The number of rotatable bonds is 3. The molecular formula is C16H20BrN3. The van der Waals surface area contributed by atoms with Crippen LogP contribution in [0.1, 0.15) is 31.0 Å². The maximum atomic E-state index is 4.40. The largest absolute Gasteiger partial charge is 0.330 e. The van der Waals surface area contributed by atoms with Gasteiger partial charge in [0.25, 0.3) is 0 Å². The van der Waals surface area contributed by atoms with E-state index in [4.69, 9.17) is 0 Å². The predicted molar refractivity (Wildman–Crippen MR) is 84.9 cm³/mol. The third kappa shape index (κ3) is 2.67. The molecule has 0 bridgehead atoms. The minimum atomic E-state index is 0.239. The number of nitrogens with one attached hydrogen (secondary N) is 1. The SMILES string of the molecule is CC1(c2cncn2Cc2ccccc2Br)CCNCC1. The Morgan fingerprint density at radius 1 is 1.30 bits per heavy atom. The lowest BCUT2D eigenvalue weighted by molar-refractivity contribution is 0.318. The fourth-order valence-corrected chi connectivity index (χ4v) is 3.40. The summed E-state index contributed by atoms with van der Waals surface area (Å²) >= 11 is 3.63. The lowest BCUT2D eigenvalue weighted by Crippen LogP contribution is -2.39. The Hall–Kier alpha value is -1.13. The van der Waals surface area contributed by atoms with E-state index in [0.29, 0.717) is 0 Å². The molecule has 0 saturated carbocycles. The van der Waals surface area contributed by atoms with Crippen molar-refractivity contribution in [2.24, 2.45) is 0 Å². The number of aromatic nitrogens is 2. The molecular weight excluding hydrogens is 314 g/mol. The minimum Gasteiger partial charge on any atom is -0.330 e. The van der Waals surface area contributed by atoms with Crippen LogP contribution in [-0.4, -0.2) is 22.6 Å². The highest BCUT2D eigenvalue weighted by Gasteiger charge is 2.31. The summed E-state index contributed by atoms with van der Waals surface area (Å²) in [6, 6.07) is 8.40. The second-order valence-electron chi connectivity index (χ2n) is 5.81. The zero-order chi connectivity index (χ0) is 14.0. The molecule has 0 unspecified atom stereocenters. The van der Waals surface area contributed by atoms with E-state index in [1.165, 1.54) is 24.1 Å². The van der Waals surface area contributed by atoms with Crippen molar-refractivity contribution < 1.29 is 0 Å². The van der Waals surface area contributed by atoms with E-state index in [1.54, 1.807) is 0 Å². The number of hydrogen-bond donors (Lipinski definition) is 1. The molecule has 1 aromatic carbocycles. The Morgan fingerprint density at radius 2 is 2.05 bits per heavy atom. The lowest BCUT2D eigenvalue weighted by atomic mass is 9.78. The van der Waals surface area contributed by atoms with Crippen LogP contribution in [0.2, 0.25) is 0 Å². The minimum absolute atomic E-state index is 0.239. The Bertz CT molecular complexity index is 585. The highest BCUT2D eigenvalue weighted by atomic mass is 79.9. The highest BCUT2D eigenvalue weighted by Crippen LogP contribution is 2.33. The molecule has 0 atom stereocenters. The van der Waals surface area contributed by atoms with Crippen LogP contribution < -0.4 is 5.32 Å². The zero-order valence-electron chi connectivity index (χ0n) is 11.8. The summed E-state index contributed by atoms with van der Waals surface area (Å²) in [5.74, 6) is 0. The first-order valence-corrected chi connectivity index (χ1v) is 7.93. The van der Waals surface area contributed by atoms with Crippen LogP contribution in [0.3, 0.4) is 0 Å². The maximum absolute atomic E-state index is 4.40. The van der Waals surface area contributed by atoms with Gasteiger partial charge >= 0.3 is 0 Å². The molecule has 4 heteroatoms. The third-order valence-electron chi connectivity index (χ3n) is 4.34. The summed E-state index contributed by atoms with van der Waals surface area (Å²) in [5.41, 5.74) is 2.89. The van der Waals surface area contributed by atoms with E-state index in [2.05, 4.69) is 62.0 Å². The van der Waals surface area contributed by atoms with E-state index in [-0.39, 0.29) is 5.41 Å². The molecule has 106 valence electrons. The van der Waals surface area contributed by atoms with Crippen molar-refractivity contribution in [3.8, 4) is 0 Å². The Morgan fingerprint density at radius 3 is 2.80 bits per heavy atom. The number of imidazole rings is 1. The summed E-state index contributed by atoms with van der Waals surface area (Å²) < 4.78 is 3.46. The Balaban J connectivity index is 1.89. The molecule has 0 aliphatic carbocycles. The smallest absolute Gasteiger partial charge is 0.0951 e. The van der Waals surface area contributed by atoms with Crippen LogP contribution in [-0.2, 0) is 12.0 Å². The zero-order valence-corrected chi connectivity index (χ0v) is 13.4.